The van der Waals surface area contributed by atoms with Crippen molar-refractivity contribution in [3.63, 3.8) is 0 Å². The average molecular weight is 382 g/mol. The maximum absolute atomic E-state index is 13.4. The van der Waals surface area contributed by atoms with E-state index in [4.69, 9.17) is 4.74 Å². The van der Waals surface area contributed by atoms with Gasteiger partial charge in [0.1, 0.15) is 11.3 Å². The van der Waals surface area contributed by atoms with Crippen LogP contribution in [0.4, 0.5) is 4.79 Å². The normalized spacial score (nSPS) is 20.0. The number of urea groups is 1. The summed E-state index contributed by atoms with van der Waals surface area (Å²) in [6, 6.07) is 11.4. The fraction of sp³-hybridized carbons (Fsp3) is 0.286. The summed E-state index contributed by atoms with van der Waals surface area (Å²) in [7, 11) is 1.55. The Labute approximate surface area is 162 Å². The Morgan fingerprint density at radius 2 is 1.89 bits per heavy atom. The van der Waals surface area contributed by atoms with Crippen LogP contribution >= 0.6 is 0 Å². The molecule has 2 unspecified atom stereocenters. The highest BCUT2D eigenvalue weighted by Gasteiger charge is 2.55. The number of carboxylic acids is 1. The highest BCUT2D eigenvalue weighted by molar-refractivity contribution is 6.09. The topological polar surface area (TPSA) is 95.9 Å². The molecule has 2 N–H and O–H groups in total. The molecule has 28 heavy (non-hydrogen) atoms. The Hall–Kier alpha value is -3.35. The van der Waals surface area contributed by atoms with E-state index in [0.29, 0.717) is 16.9 Å². The molecule has 2 aromatic rings. The van der Waals surface area contributed by atoms with Crippen molar-refractivity contribution in [2.24, 2.45) is 0 Å². The van der Waals surface area contributed by atoms with Crippen LogP contribution in [-0.4, -0.2) is 35.0 Å². The van der Waals surface area contributed by atoms with Crippen molar-refractivity contribution in [2.45, 2.75) is 31.8 Å². The number of rotatable bonds is 6. The van der Waals surface area contributed by atoms with Gasteiger partial charge in [0.25, 0.3) is 5.91 Å². The summed E-state index contributed by atoms with van der Waals surface area (Å²) in [5.74, 6) is -1.19. The smallest absolute Gasteiger partial charge is 0.331 e. The SMILES string of the molecule is CCC1(c2ccc(OC)c(C)c2)NC(=O)N(C(C(=O)O)c2ccccc2)C1=O. The minimum Gasteiger partial charge on any atom is -0.496 e. The molecule has 1 saturated heterocycles. The lowest BCUT2D eigenvalue weighted by atomic mass is 9.86. The third-order valence-electron chi connectivity index (χ3n) is 5.15. The number of imide groups is 1. The molecule has 1 fully saturated rings. The summed E-state index contributed by atoms with van der Waals surface area (Å²) in [6.07, 6.45) is 0.279. The fourth-order valence-corrected chi connectivity index (χ4v) is 3.65. The predicted molar refractivity (Wildman–Crippen MR) is 102 cm³/mol. The molecule has 0 aromatic heterocycles. The first-order valence-electron chi connectivity index (χ1n) is 8.94. The van der Waals surface area contributed by atoms with Crippen LogP contribution in [0, 0.1) is 6.92 Å². The molecule has 2 aromatic carbocycles. The van der Waals surface area contributed by atoms with Gasteiger partial charge in [0, 0.05) is 0 Å². The van der Waals surface area contributed by atoms with E-state index >= 15 is 0 Å². The highest BCUT2D eigenvalue weighted by atomic mass is 16.5. The molecular formula is C21H22N2O5. The molecule has 1 heterocycles. The van der Waals surface area contributed by atoms with Gasteiger partial charge in [-0.3, -0.25) is 4.79 Å². The quantitative estimate of drug-likeness (QED) is 0.749. The molecule has 7 nitrogen and oxygen atoms in total. The van der Waals surface area contributed by atoms with E-state index in [1.165, 1.54) is 0 Å². The predicted octanol–water partition coefficient (Wildman–Crippen LogP) is 2.99. The molecule has 146 valence electrons. The average Bonchev–Trinajstić information content (AvgIpc) is 2.94. The molecule has 7 heteroatoms. The van der Waals surface area contributed by atoms with E-state index in [1.54, 1.807) is 62.6 Å². The number of nitrogens with one attached hydrogen (secondary N) is 1. The van der Waals surface area contributed by atoms with Gasteiger partial charge in [0.15, 0.2) is 6.04 Å². The Bertz CT molecular complexity index is 928. The molecule has 0 bridgehead atoms. The van der Waals surface area contributed by atoms with E-state index < -0.39 is 29.5 Å². The zero-order valence-corrected chi connectivity index (χ0v) is 15.9. The van der Waals surface area contributed by atoms with E-state index in [-0.39, 0.29) is 6.42 Å². The Kier molecular flexibility index (Phi) is 5.09. The van der Waals surface area contributed by atoms with Gasteiger partial charge in [0.2, 0.25) is 0 Å². The van der Waals surface area contributed by atoms with Crippen LogP contribution in [-0.2, 0) is 15.1 Å². The summed E-state index contributed by atoms with van der Waals surface area (Å²) in [5, 5.41) is 12.5. The van der Waals surface area contributed by atoms with Crippen molar-refractivity contribution in [1.82, 2.24) is 10.2 Å². The van der Waals surface area contributed by atoms with E-state index in [9.17, 15) is 19.5 Å². The lowest BCUT2D eigenvalue weighted by Gasteiger charge is -2.28. The minimum absolute atomic E-state index is 0.279. The van der Waals surface area contributed by atoms with E-state index in [2.05, 4.69) is 5.32 Å². The standard InChI is InChI=1S/C21H22N2O5/c1-4-21(15-10-11-16(28-3)13(2)12-15)19(26)23(20(27)22-21)17(18(24)25)14-8-6-5-7-9-14/h5-12,17H,4H2,1-3H3,(H,22,27)(H,24,25). The largest absolute Gasteiger partial charge is 0.496 e. The van der Waals surface area contributed by atoms with Crippen LogP contribution in [0.2, 0.25) is 0 Å². The Morgan fingerprint density at radius 3 is 2.43 bits per heavy atom. The van der Waals surface area contributed by atoms with Gasteiger partial charge < -0.3 is 15.2 Å². The van der Waals surface area contributed by atoms with Crippen LogP contribution < -0.4 is 10.1 Å². The molecule has 1 aliphatic rings. The molecular weight excluding hydrogens is 360 g/mol. The Morgan fingerprint density at radius 1 is 1.21 bits per heavy atom. The van der Waals surface area contributed by atoms with Gasteiger partial charge >= 0.3 is 12.0 Å². The van der Waals surface area contributed by atoms with Crippen LogP contribution in [0.15, 0.2) is 48.5 Å². The summed E-state index contributed by atoms with van der Waals surface area (Å²) < 4.78 is 5.27. The maximum atomic E-state index is 13.4. The number of carboxylic acid groups (broad SMARTS) is 1. The van der Waals surface area contributed by atoms with Crippen molar-refractivity contribution >= 4 is 17.9 Å². The lowest BCUT2D eigenvalue weighted by molar-refractivity contribution is -0.148. The molecule has 3 rings (SSSR count). The summed E-state index contributed by atoms with van der Waals surface area (Å²) in [4.78, 5) is 38.9. The van der Waals surface area contributed by atoms with Crippen LogP contribution in [0.5, 0.6) is 5.75 Å². The number of methoxy groups -OCH3 is 1. The number of hydrogen-bond acceptors (Lipinski definition) is 4. The van der Waals surface area contributed by atoms with Crippen LogP contribution in [0.25, 0.3) is 0 Å². The molecule has 0 spiro atoms. The molecule has 0 radical (unpaired) electrons. The van der Waals surface area contributed by atoms with E-state index in [0.717, 1.165) is 10.5 Å². The van der Waals surface area contributed by atoms with Gasteiger partial charge in [-0.1, -0.05) is 43.3 Å². The number of hydrogen-bond donors (Lipinski definition) is 2. The summed E-state index contributed by atoms with van der Waals surface area (Å²) >= 11 is 0. The van der Waals surface area contributed by atoms with Gasteiger partial charge in [-0.25, -0.2) is 14.5 Å². The minimum atomic E-state index is -1.40. The van der Waals surface area contributed by atoms with Gasteiger partial charge in [-0.15, -0.1) is 0 Å². The summed E-state index contributed by atoms with van der Waals surface area (Å²) in [5.41, 5.74) is 0.435. The van der Waals surface area contributed by atoms with Crippen molar-refractivity contribution in [2.75, 3.05) is 7.11 Å². The van der Waals surface area contributed by atoms with Gasteiger partial charge in [-0.05, 0) is 42.2 Å². The number of carbonyl (C=O) groups is 3. The molecule has 0 aliphatic carbocycles. The van der Waals surface area contributed by atoms with Crippen molar-refractivity contribution in [3.05, 3.63) is 65.2 Å². The monoisotopic (exact) mass is 382 g/mol. The first kappa shape index (κ1) is 19.4. The van der Waals surface area contributed by atoms with Crippen molar-refractivity contribution in [3.8, 4) is 5.75 Å². The van der Waals surface area contributed by atoms with Gasteiger partial charge in [0.05, 0.1) is 7.11 Å². The molecule has 2 atom stereocenters. The van der Waals surface area contributed by atoms with E-state index in [1.807, 2.05) is 6.92 Å². The highest BCUT2D eigenvalue weighted by Crippen LogP contribution is 2.38. The third kappa shape index (κ3) is 2.98. The first-order valence-corrected chi connectivity index (χ1v) is 8.94. The number of carbonyl (C=O) groups excluding carboxylic acids is 2. The van der Waals surface area contributed by atoms with Crippen molar-refractivity contribution < 1.29 is 24.2 Å². The number of aryl methyl sites for hydroxylation is 1. The summed E-state index contributed by atoms with van der Waals surface area (Å²) in [6.45, 7) is 3.62. The zero-order chi connectivity index (χ0) is 20.5. The zero-order valence-electron chi connectivity index (χ0n) is 15.9. The number of ether oxygens (including phenoxy) is 1. The third-order valence-corrected chi connectivity index (χ3v) is 5.15. The second kappa shape index (κ2) is 7.34. The number of amides is 3. The molecule has 3 amide bonds. The fourth-order valence-electron chi connectivity index (χ4n) is 3.65. The second-order valence-electron chi connectivity index (χ2n) is 6.70. The van der Waals surface area contributed by atoms with Crippen LogP contribution in [0.1, 0.15) is 36.1 Å². The Balaban J connectivity index is 2.08. The number of aliphatic carboxylic acids is 1. The number of benzene rings is 2. The van der Waals surface area contributed by atoms with Crippen molar-refractivity contribution in [1.29, 1.82) is 0 Å². The molecule has 0 saturated carbocycles. The molecule has 1 aliphatic heterocycles. The second-order valence-corrected chi connectivity index (χ2v) is 6.70. The number of nitrogens with zero attached hydrogens (tertiary/aromatic N) is 1. The first-order chi connectivity index (χ1) is 13.4. The lowest BCUT2D eigenvalue weighted by Crippen LogP contribution is -2.44. The maximum Gasteiger partial charge on any atom is 0.331 e. The van der Waals surface area contributed by atoms with Crippen LogP contribution in [0.3, 0.4) is 0 Å². The van der Waals surface area contributed by atoms with Gasteiger partial charge in [-0.2, -0.15) is 0 Å².